The zero-order valence-corrected chi connectivity index (χ0v) is 15.9. The van der Waals surface area contributed by atoms with Crippen molar-refractivity contribution < 1.29 is 14.5 Å². The van der Waals surface area contributed by atoms with Gasteiger partial charge in [-0.3, -0.25) is 14.8 Å². The Morgan fingerprint density at radius 2 is 1.91 bits per heavy atom. The van der Waals surface area contributed by atoms with E-state index < -0.39 is 10.9 Å². The van der Waals surface area contributed by atoms with Gasteiger partial charge in [0.15, 0.2) is 0 Å². The van der Waals surface area contributed by atoms with Crippen molar-refractivity contribution in [3.8, 4) is 0 Å². The van der Waals surface area contributed by atoms with Crippen molar-refractivity contribution in [1.29, 1.82) is 0 Å². The minimum absolute atomic E-state index is 0.00268. The van der Waals surface area contributed by atoms with Crippen molar-refractivity contribution in [3.05, 3.63) is 22.0 Å². The fourth-order valence-corrected chi connectivity index (χ4v) is 1.17. The van der Waals surface area contributed by atoms with E-state index in [1.807, 2.05) is 27.7 Å². The van der Waals surface area contributed by atoms with Gasteiger partial charge in [-0.2, -0.15) is 5.10 Å². The fourth-order valence-electron chi connectivity index (χ4n) is 1.17. The number of ether oxygens (including phenoxy) is 1. The number of halogens is 1. The molecule has 0 radical (unpaired) electrons. The molecule has 7 nitrogen and oxygen atoms in total. The second-order valence-electron chi connectivity index (χ2n) is 4.36. The number of nitro groups is 1. The number of aromatic nitrogens is 2. The maximum Gasteiger partial charge on any atom is 0.365 e. The molecule has 0 saturated carbocycles. The van der Waals surface area contributed by atoms with E-state index in [-0.39, 0.29) is 17.4 Å². The summed E-state index contributed by atoms with van der Waals surface area (Å²) in [6, 6.07) is -0.00268. The highest BCUT2D eigenvalue weighted by molar-refractivity contribution is 9.09. The lowest BCUT2D eigenvalue weighted by molar-refractivity contribution is -0.385. The Hall–Kier alpha value is -1.44. The van der Waals surface area contributed by atoms with Crippen molar-refractivity contribution in [2.24, 2.45) is 0 Å². The molecule has 1 heterocycles. The minimum Gasteiger partial charge on any atom is -0.464 e. The summed E-state index contributed by atoms with van der Waals surface area (Å²) in [5, 5.41) is 14.6. The van der Waals surface area contributed by atoms with E-state index in [0.717, 1.165) is 13.5 Å². The highest BCUT2D eigenvalue weighted by Gasteiger charge is 2.27. The third-order valence-electron chi connectivity index (χ3n) is 2.33. The van der Waals surface area contributed by atoms with Gasteiger partial charge in [0.05, 0.1) is 12.0 Å². The van der Waals surface area contributed by atoms with E-state index in [9.17, 15) is 14.9 Å². The first-order chi connectivity index (χ1) is 10.2. The van der Waals surface area contributed by atoms with Crippen molar-refractivity contribution in [2.45, 2.75) is 58.8 Å². The first-order valence-corrected chi connectivity index (χ1v) is 8.12. The third kappa shape index (κ3) is 8.11. The molecule has 0 aliphatic carbocycles. The first-order valence-electron chi connectivity index (χ1n) is 7.20. The number of nitrogens with zero attached hydrogens (tertiary/aromatic N) is 3. The number of hydrogen-bond acceptors (Lipinski definition) is 5. The molecule has 0 aliphatic heterocycles. The third-order valence-corrected chi connectivity index (χ3v) is 2.33. The summed E-state index contributed by atoms with van der Waals surface area (Å²) in [5.74, 6) is -0.797. The van der Waals surface area contributed by atoms with E-state index in [0.29, 0.717) is 4.83 Å². The number of alkyl halides is 1. The number of rotatable bonds is 4. The molecular weight excluding hydrogens is 354 g/mol. The molecule has 0 spiro atoms. The van der Waals surface area contributed by atoms with Gasteiger partial charge < -0.3 is 4.74 Å². The monoisotopic (exact) mass is 379 g/mol. The number of carbonyl (C=O) groups is 1. The molecule has 1 unspecified atom stereocenters. The molecule has 0 amide bonds. The van der Waals surface area contributed by atoms with Crippen LogP contribution in [-0.4, -0.2) is 32.6 Å². The maximum absolute atomic E-state index is 11.3. The van der Waals surface area contributed by atoms with Gasteiger partial charge in [0.2, 0.25) is 5.69 Å². The average molecular weight is 380 g/mol. The maximum atomic E-state index is 11.3. The van der Waals surface area contributed by atoms with Crippen LogP contribution in [0.15, 0.2) is 6.20 Å². The van der Waals surface area contributed by atoms with Gasteiger partial charge in [-0.25, -0.2) is 4.79 Å². The minimum atomic E-state index is -0.797. The molecule has 0 bridgehead atoms. The fraction of sp³-hybridized carbons (Fsp3) is 0.714. The first kappa shape index (κ1) is 22.8. The van der Waals surface area contributed by atoms with Crippen molar-refractivity contribution in [1.82, 2.24) is 9.78 Å². The van der Waals surface area contributed by atoms with E-state index in [4.69, 9.17) is 0 Å². The van der Waals surface area contributed by atoms with Gasteiger partial charge in [-0.05, 0) is 13.3 Å². The van der Waals surface area contributed by atoms with Crippen LogP contribution in [0.25, 0.3) is 0 Å². The van der Waals surface area contributed by atoms with Crippen LogP contribution in [0.5, 0.6) is 0 Å². The molecule has 128 valence electrons. The van der Waals surface area contributed by atoms with Crippen LogP contribution in [0.4, 0.5) is 5.69 Å². The van der Waals surface area contributed by atoms with Crippen LogP contribution in [0, 0.1) is 10.1 Å². The molecule has 22 heavy (non-hydrogen) atoms. The SMILES string of the molecule is CC.CC(C)Br.CCC(C)n1cc([N+](=O)[O-])c(C(=O)OC)n1. The summed E-state index contributed by atoms with van der Waals surface area (Å²) in [6.07, 6.45) is 2.01. The number of methoxy groups -OCH3 is 1. The van der Waals surface area contributed by atoms with E-state index in [1.54, 1.807) is 0 Å². The predicted octanol–water partition coefficient (Wildman–Crippen LogP) is 4.36. The second-order valence-corrected chi connectivity index (χ2v) is 6.19. The van der Waals surface area contributed by atoms with Crippen LogP contribution < -0.4 is 0 Å². The summed E-state index contributed by atoms with van der Waals surface area (Å²) in [6.45, 7) is 12.0. The second kappa shape index (κ2) is 12.1. The quantitative estimate of drug-likeness (QED) is 0.335. The van der Waals surface area contributed by atoms with Gasteiger partial charge in [-0.1, -0.05) is 50.5 Å². The number of esters is 1. The van der Waals surface area contributed by atoms with Gasteiger partial charge in [0.1, 0.15) is 6.20 Å². The molecule has 0 aliphatic rings. The van der Waals surface area contributed by atoms with Crippen LogP contribution >= 0.6 is 15.9 Å². The summed E-state index contributed by atoms with van der Waals surface area (Å²) in [4.78, 5) is 22.0. The Kier molecular flexibility index (Phi) is 12.6. The Balaban J connectivity index is 0. The molecule has 0 fully saturated rings. The van der Waals surface area contributed by atoms with Crippen LogP contribution in [-0.2, 0) is 4.74 Å². The molecule has 1 rings (SSSR count). The molecule has 0 N–H and O–H groups in total. The van der Waals surface area contributed by atoms with Crippen molar-refractivity contribution in [3.63, 3.8) is 0 Å². The Bertz CT molecular complexity index is 458. The summed E-state index contributed by atoms with van der Waals surface area (Å²) >= 11 is 3.27. The van der Waals surface area contributed by atoms with Crippen molar-refractivity contribution >= 4 is 27.6 Å². The smallest absolute Gasteiger partial charge is 0.365 e. The number of hydrogen-bond donors (Lipinski definition) is 0. The molecule has 0 saturated heterocycles. The van der Waals surface area contributed by atoms with Gasteiger partial charge in [0.25, 0.3) is 0 Å². The molecule has 1 aromatic heterocycles. The molecular formula is C14H26BrN3O4. The largest absolute Gasteiger partial charge is 0.464 e. The Morgan fingerprint density at radius 3 is 2.23 bits per heavy atom. The summed E-state index contributed by atoms with van der Waals surface area (Å²) < 4.78 is 5.84. The molecule has 1 atom stereocenters. The van der Waals surface area contributed by atoms with Crippen molar-refractivity contribution in [2.75, 3.05) is 7.11 Å². The van der Waals surface area contributed by atoms with Gasteiger partial charge in [0, 0.05) is 10.9 Å². The lowest BCUT2D eigenvalue weighted by Gasteiger charge is -2.06. The summed E-state index contributed by atoms with van der Waals surface area (Å²) in [5.41, 5.74) is -0.583. The molecule has 1 aromatic rings. The van der Waals surface area contributed by atoms with Crippen LogP contribution in [0.2, 0.25) is 0 Å². The van der Waals surface area contributed by atoms with E-state index in [1.165, 1.54) is 10.9 Å². The Labute approximate surface area is 140 Å². The van der Waals surface area contributed by atoms with Crippen LogP contribution in [0.3, 0.4) is 0 Å². The van der Waals surface area contributed by atoms with E-state index >= 15 is 0 Å². The lowest BCUT2D eigenvalue weighted by Crippen LogP contribution is -2.08. The Morgan fingerprint density at radius 1 is 1.45 bits per heavy atom. The zero-order chi connectivity index (χ0) is 17.9. The van der Waals surface area contributed by atoms with Gasteiger partial charge in [-0.15, -0.1) is 0 Å². The molecule has 0 aromatic carbocycles. The topological polar surface area (TPSA) is 87.3 Å². The zero-order valence-electron chi connectivity index (χ0n) is 14.3. The van der Waals surface area contributed by atoms with Crippen LogP contribution in [0.1, 0.15) is 64.5 Å². The molecule has 8 heteroatoms. The normalized spacial score (nSPS) is 10.8. The van der Waals surface area contributed by atoms with Gasteiger partial charge >= 0.3 is 11.7 Å². The number of carbonyl (C=O) groups excluding carboxylic acids is 1. The standard InChI is InChI=1S/C9H13N3O4.C3H7Br.C2H6/c1-4-6(2)11-5-7(12(14)15)8(10-11)9(13)16-3;1-3(2)4;1-2/h5-6H,4H2,1-3H3;3H,1-2H3;1-2H3. The lowest BCUT2D eigenvalue weighted by atomic mass is 10.3. The summed E-state index contributed by atoms with van der Waals surface area (Å²) in [7, 11) is 1.16. The van der Waals surface area contributed by atoms with E-state index in [2.05, 4.69) is 39.6 Å². The average Bonchev–Trinajstić information content (AvgIpc) is 2.92. The highest BCUT2D eigenvalue weighted by atomic mass is 79.9. The highest BCUT2D eigenvalue weighted by Crippen LogP contribution is 2.21. The predicted molar refractivity (Wildman–Crippen MR) is 90.6 cm³/mol.